The standard InChI is InChI=1S/C14H23NO8/c1-20-8-6-15(7-9-21-2)14(19)11(16)10-23-13(18)5-4-12(17)22-3/h4-5,11,16H,6-10H2,1-3H3/b5-4+. The highest BCUT2D eigenvalue weighted by Crippen LogP contribution is 1.98. The molecule has 0 rings (SSSR count). The fourth-order valence-corrected chi connectivity index (χ4v) is 1.43. The molecule has 0 saturated carbocycles. The largest absolute Gasteiger partial charge is 0.466 e. The second-order valence-corrected chi connectivity index (χ2v) is 4.31. The van der Waals surface area contributed by atoms with E-state index in [0.29, 0.717) is 13.2 Å². The minimum atomic E-state index is -1.51. The summed E-state index contributed by atoms with van der Waals surface area (Å²) < 4.78 is 18.8. The Morgan fingerprint density at radius 2 is 1.52 bits per heavy atom. The van der Waals surface area contributed by atoms with Crippen molar-refractivity contribution in [3.63, 3.8) is 0 Å². The summed E-state index contributed by atoms with van der Waals surface area (Å²) in [6.07, 6.45) is 0.204. The smallest absolute Gasteiger partial charge is 0.331 e. The van der Waals surface area contributed by atoms with Crippen LogP contribution < -0.4 is 0 Å². The number of carbonyl (C=O) groups excluding carboxylic acids is 3. The highest BCUT2D eigenvalue weighted by molar-refractivity contribution is 5.91. The van der Waals surface area contributed by atoms with E-state index in [-0.39, 0.29) is 13.1 Å². The molecule has 1 amide bonds. The van der Waals surface area contributed by atoms with Crippen LogP contribution in [0.4, 0.5) is 0 Å². The second-order valence-electron chi connectivity index (χ2n) is 4.31. The first-order valence-corrected chi connectivity index (χ1v) is 6.83. The first-order valence-electron chi connectivity index (χ1n) is 6.83. The molecule has 1 unspecified atom stereocenters. The lowest BCUT2D eigenvalue weighted by molar-refractivity contribution is -0.150. The van der Waals surface area contributed by atoms with Gasteiger partial charge in [0.15, 0.2) is 6.10 Å². The molecule has 0 aromatic rings. The number of nitrogens with zero attached hydrogens (tertiary/aromatic N) is 1. The van der Waals surface area contributed by atoms with Crippen LogP contribution in [0.15, 0.2) is 12.2 Å². The maximum atomic E-state index is 12.1. The Morgan fingerprint density at radius 1 is 1.00 bits per heavy atom. The van der Waals surface area contributed by atoms with Crippen molar-refractivity contribution in [3.8, 4) is 0 Å². The second kappa shape index (κ2) is 12.6. The van der Waals surface area contributed by atoms with Gasteiger partial charge in [-0.15, -0.1) is 0 Å². The third-order valence-electron chi connectivity index (χ3n) is 2.67. The van der Waals surface area contributed by atoms with Crippen molar-refractivity contribution in [1.82, 2.24) is 4.90 Å². The predicted molar refractivity (Wildman–Crippen MR) is 78.5 cm³/mol. The summed E-state index contributed by atoms with van der Waals surface area (Å²) in [7, 11) is 4.14. The molecule has 1 atom stereocenters. The molecule has 0 aliphatic heterocycles. The van der Waals surface area contributed by atoms with Crippen LogP contribution in [0.2, 0.25) is 0 Å². The van der Waals surface area contributed by atoms with Crippen LogP contribution in [0.1, 0.15) is 0 Å². The number of methoxy groups -OCH3 is 3. The first kappa shape index (κ1) is 21.0. The van der Waals surface area contributed by atoms with E-state index in [2.05, 4.69) is 9.47 Å². The van der Waals surface area contributed by atoms with Gasteiger partial charge in [-0.1, -0.05) is 0 Å². The summed E-state index contributed by atoms with van der Waals surface area (Å²) >= 11 is 0. The highest BCUT2D eigenvalue weighted by Gasteiger charge is 2.23. The van der Waals surface area contributed by atoms with E-state index < -0.39 is 30.6 Å². The predicted octanol–water partition coefficient (Wildman–Crippen LogP) is -1.26. The molecular formula is C14H23NO8. The van der Waals surface area contributed by atoms with Crippen molar-refractivity contribution in [2.75, 3.05) is 54.2 Å². The Bertz CT molecular complexity index is 402. The fourth-order valence-electron chi connectivity index (χ4n) is 1.43. The summed E-state index contributed by atoms with van der Waals surface area (Å²) in [4.78, 5) is 35.5. The van der Waals surface area contributed by atoms with Gasteiger partial charge in [0.1, 0.15) is 6.61 Å². The molecular weight excluding hydrogens is 310 g/mol. The van der Waals surface area contributed by atoms with Crippen LogP contribution in [0.25, 0.3) is 0 Å². The van der Waals surface area contributed by atoms with Gasteiger partial charge < -0.3 is 29.0 Å². The Balaban J connectivity index is 4.40. The van der Waals surface area contributed by atoms with Crippen LogP contribution >= 0.6 is 0 Å². The highest BCUT2D eigenvalue weighted by atomic mass is 16.5. The van der Waals surface area contributed by atoms with E-state index in [1.165, 1.54) is 19.1 Å². The first-order chi connectivity index (χ1) is 11.0. The van der Waals surface area contributed by atoms with Crippen molar-refractivity contribution >= 4 is 17.8 Å². The number of amides is 1. The number of ether oxygens (including phenoxy) is 4. The van der Waals surface area contributed by atoms with Gasteiger partial charge in [-0.25, -0.2) is 9.59 Å². The maximum absolute atomic E-state index is 12.1. The Hall–Kier alpha value is -1.97. The quantitative estimate of drug-likeness (QED) is 0.368. The molecule has 0 fully saturated rings. The molecule has 23 heavy (non-hydrogen) atoms. The minimum absolute atomic E-state index is 0.270. The minimum Gasteiger partial charge on any atom is -0.466 e. The van der Waals surface area contributed by atoms with Crippen LogP contribution in [0.3, 0.4) is 0 Å². The van der Waals surface area contributed by atoms with Crippen LogP contribution in [0, 0.1) is 0 Å². The maximum Gasteiger partial charge on any atom is 0.331 e. The van der Waals surface area contributed by atoms with Gasteiger partial charge in [-0.3, -0.25) is 4.79 Å². The molecule has 0 aliphatic rings. The number of esters is 2. The van der Waals surface area contributed by atoms with Gasteiger partial charge in [-0.05, 0) is 0 Å². The lowest BCUT2D eigenvalue weighted by atomic mass is 10.3. The average molecular weight is 333 g/mol. The number of rotatable bonds is 11. The van der Waals surface area contributed by atoms with Gasteiger partial charge in [0, 0.05) is 39.5 Å². The van der Waals surface area contributed by atoms with Gasteiger partial charge in [0.25, 0.3) is 5.91 Å². The lowest BCUT2D eigenvalue weighted by Crippen LogP contribution is -2.44. The van der Waals surface area contributed by atoms with Crippen molar-refractivity contribution in [3.05, 3.63) is 12.2 Å². The number of hydrogen-bond acceptors (Lipinski definition) is 8. The molecule has 0 bridgehead atoms. The molecule has 132 valence electrons. The summed E-state index contributed by atoms with van der Waals surface area (Å²) in [6, 6.07) is 0. The zero-order chi connectivity index (χ0) is 17.7. The molecule has 0 spiro atoms. The molecule has 0 aliphatic carbocycles. The fraction of sp³-hybridized carbons (Fsp3) is 0.643. The molecule has 0 aromatic heterocycles. The van der Waals surface area contributed by atoms with E-state index >= 15 is 0 Å². The van der Waals surface area contributed by atoms with E-state index in [0.717, 1.165) is 19.3 Å². The van der Waals surface area contributed by atoms with Gasteiger partial charge in [0.05, 0.1) is 20.3 Å². The normalized spacial score (nSPS) is 12.0. The molecule has 1 N–H and O–H groups in total. The SMILES string of the molecule is COCCN(CCOC)C(=O)C(O)COC(=O)/C=C/C(=O)OC. The van der Waals surface area contributed by atoms with E-state index in [1.807, 2.05) is 0 Å². The Labute approximate surface area is 134 Å². The van der Waals surface area contributed by atoms with Crippen molar-refractivity contribution < 1.29 is 38.4 Å². The summed E-state index contributed by atoms with van der Waals surface area (Å²) in [5, 5.41) is 9.79. The van der Waals surface area contributed by atoms with E-state index in [9.17, 15) is 19.5 Å². The van der Waals surface area contributed by atoms with Crippen molar-refractivity contribution in [1.29, 1.82) is 0 Å². The zero-order valence-corrected chi connectivity index (χ0v) is 13.5. The van der Waals surface area contributed by atoms with Crippen LogP contribution in [-0.2, 0) is 33.3 Å². The van der Waals surface area contributed by atoms with Crippen LogP contribution in [0.5, 0.6) is 0 Å². The van der Waals surface area contributed by atoms with Crippen molar-refractivity contribution in [2.45, 2.75) is 6.10 Å². The topological polar surface area (TPSA) is 112 Å². The summed E-state index contributed by atoms with van der Waals surface area (Å²) in [5.74, 6) is -2.20. The van der Waals surface area contributed by atoms with Gasteiger partial charge in [0.2, 0.25) is 0 Å². The molecule has 9 nitrogen and oxygen atoms in total. The number of carbonyl (C=O) groups is 3. The van der Waals surface area contributed by atoms with Crippen molar-refractivity contribution in [2.24, 2.45) is 0 Å². The molecule has 0 radical (unpaired) electrons. The Kier molecular flexibility index (Phi) is 11.5. The molecule has 0 saturated heterocycles. The third kappa shape index (κ3) is 9.61. The van der Waals surface area contributed by atoms with Gasteiger partial charge in [-0.2, -0.15) is 0 Å². The summed E-state index contributed by atoms with van der Waals surface area (Å²) in [5.41, 5.74) is 0. The van der Waals surface area contributed by atoms with Gasteiger partial charge >= 0.3 is 11.9 Å². The van der Waals surface area contributed by atoms with Crippen LogP contribution in [-0.4, -0.2) is 88.2 Å². The zero-order valence-electron chi connectivity index (χ0n) is 13.5. The monoisotopic (exact) mass is 333 g/mol. The number of aliphatic hydroxyl groups is 1. The average Bonchev–Trinajstić information content (AvgIpc) is 2.56. The summed E-state index contributed by atoms with van der Waals surface area (Å²) in [6.45, 7) is 0.602. The number of hydrogen-bond donors (Lipinski definition) is 1. The molecule has 0 aromatic carbocycles. The molecule has 0 heterocycles. The lowest BCUT2D eigenvalue weighted by Gasteiger charge is -2.24. The number of aliphatic hydroxyl groups excluding tert-OH is 1. The molecule has 9 heteroatoms. The van der Waals surface area contributed by atoms with E-state index in [1.54, 1.807) is 0 Å². The Morgan fingerprint density at radius 3 is 2.00 bits per heavy atom. The third-order valence-corrected chi connectivity index (χ3v) is 2.67. The van der Waals surface area contributed by atoms with E-state index in [4.69, 9.17) is 9.47 Å².